The van der Waals surface area contributed by atoms with Gasteiger partial charge in [0.25, 0.3) is 0 Å². The number of hydrogen-bond acceptors (Lipinski definition) is 4. The van der Waals surface area contributed by atoms with Crippen LogP contribution in [-0.4, -0.2) is 16.5 Å². The number of hydrogen-bond donors (Lipinski definition) is 1. The molecular weight excluding hydrogens is 370 g/mol. The lowest BCUT2D eigenvalue weighted by molar-refractivity contribution is 0.831. The Balaban J connectivity index is 2.15. The number of aromatic nitrogens is 2. The van der Waals surface area contributed by atoms with Crippen LogP contribution in [0.5, 0.6) is 0 Å². The fourth-order valence-corrected chi connectivity index (χ4v) is 4.03. The largest absolute Gasteiger partial charge is 0.369 e. The predicted molar refractivity (Wildman–Crippen MR) is 103 cm³/mol. The van der Waals surface area contributed by atoms with E-state index in [1.165, 1.54) is 22.4 Å². The first-order chi connectivity index (χ1) is 11.2. The summed E-state index contributed by atoms with van der Waals surface area (Å²) in [4.78, 5) is 11.4. The highest BCUT2D eigenvalue weighted by molar-refractivity contribution is 9.10. The Bertz CT molecular complexity index is 796. The van der Waals surface area contributed by atoms with Crippen LogP contribution in [0.4, 0.5) is 5.82 Å². The van der Waals surface area contributed by atoms with Crippen molar-refractivity contribution < 1.29 is 0 Å². The summed E-state index contributed by atoms with van der Waals surface area (Å²) in [5.41, 5.74) is 2.50. The standard InChI is InChI=1S/C18H20BrN3S/c1-3-5-10-20-17-16-15(12-6-8-13(19)9-7-12)14(4-2)23-18(16)22-11-21-17/h6-9,11H,3-5,10H2,1-2H3,(H,20,21,22). The fraction of sp³-hybridized carbons (Fsp3) is 0.333. The van der Waals surface area contributed by atoms with Gasteiger partial charge in [-0.15, -0.1) is 11.3 Å². The van der Waals surface area contributed by atoms with E-state index >= 15 is 0 Å². The second kappa shape index (κ2) is 7.41. The van der Waals surface area contributed by atoms with Crippen molar-refractivity contribution in [1.29, 1.82) is 0 Å². The van der Waals surface area contributed by atoms with Gasteiger partial charge < -0.3 is 5.32 Å². The van der Waals surface area contributed by atoms with Crippen molar-refractivity contribution in [3.8, 4) is 11.1 Å². The number of rotatable bonds is 6. The molecule has 3 rings (SSSR count). The first kappa shape index (κ1) is 16.4. The minimum absolute atomic E-state index is 0.944. The average Bonchev–Trinajstić information content (AvgIpc) is 2.95. The van der Waals surface area contributed by atoms with Gasteiger partial charge in [0, 0.05) is 21.5 Å². The molecule has 0 atom stereocenters. The van der Waals surface area contributed by atoms with Crippen LogP contribution in [0.15, 0.2) is 35.1 Å². The molecule has 3 aromatic rings. The lowest BCUT2D eigenvalue weighted by Crippen LogP contribution is -2.03. The summed E-state index contributed by atoms with van der Waals surface area (Å²) in [5, 5.41) is 4.65. The van der Waals surface area contributed by atoms with Crippen LogP contribution < -0.4 is 5.32 Å². The monoisotopic (exact) mass is 389 g/mol. The topological polar surface area (TPSA) is 37.8 Å². The van der Waals surface area contributed by atoms with Crippen molar-refractivity contribution in [3.63, 3.8) is 0 Å². The summed E-state index contributed by atoms with van der Waals surface area (Å²) in [5.74, 6) is 0.956. The van der Waals surface area contributed by atoms with Gasteiger partial charge in [-0.05, 0) is 30.5 Å². The SMILES string of the molecule is CCCCNc1ncnc2sc(CC)c(-c3ccc(Br)cc3)c12. The smallest absolute Gasteiger partial charge is 0.138 e. The first-order valence-electron chi connectivity index (χ1n) is 8.00. The molecule has 0 aliphatic carbocycles. The first-order valence-corrected chi connectivity index (χ1v) is 9.61. The minimum atomic E-state index is 0.944. The summed E-state index contributed by atoms with van der Waals surface area (Å²) < 4.78 is 1.09. The van der Waals surface area contributed by atoms with E-state index in [4.69, 9.17) is 0 Å². The number of halogens is 1. The van der Waals surface area contributed by atoms with E-state index in [-0.39, 0.29) is 0 Å². The summed E-state index contributed by atoms with van der Waals surface area (Å²) in [7, 11) is 0. The van der Waals surface area contributed by atoms with Crippen LogP contribution in [-0.2, 0) is 6.42 Å². The van der Waals surface area contributed by atoms with Gasteiger partial charge in [-0.2, -0.15) is 0 Å². The highest BCUT2D eigenvalue weighted by Crippen LogP contribution is 2.41. The van der Waals surface area contributed by atoms with E-state index in [1.807, 2.05) is 0 Å². The van der Waals surface area contributed by atoms with Crippen LogP contribution in [0, 0.1) is 0 Å². The number of anilines is 1. The van der Waals surface area contributed by atoms with Gasteiger partial charge in [0.15, 0.2) is 0 Å². The molecule has 3 nitrogen and oxygen atoms in total. The Hall–Kier alpha value is -1.46. The van der Waals surface area contributed by atoms with E-state index < -0.39 is 0 Å². The van der Waals surface area contributed by atoms with Crippen LogP contribution >= 0.6 is 27.3 Å². The molecule has 0 aliphatic heterocycles. The number of benzene rings is 1. The average molecular weight is 390 g/mol. The number of thiophene rings is 1. The molecule has 0 radical (unpaired) electrons. The molecule has 1 aromatic carbocycles. The molecule has 120 valence electrons. The second-order valence-electron chi connectivity index (χ2n) is 5.44. The zero-order chi connectivity index (χ0) is 16.2. The number of unbranched alkanes of at least 4 members (excludes halogenated alkanes) is 1. The Morgan fingerprint density at radius 2 is 1.91 bits per heavy atom. The summed E-state index contributed by atoms with van der Waals surface area (Å²) in [6.45, 7) is 5.34. The van der Waals surface area contributed by atoms with Gasteiger partial charge in [0.05, 0.1) is 5.39 Å². The molecule has 0 amide bonds. The summed E-state index contributed by atoms with van der Waals surface area (Å²) in [6, 6.07) is 8.50. The van der Waals surface area contributed by atoms with Crippen molar-refractivity contribution in [1.82, 2.24) is 9.97 Å². The van der Waals surface area contributed by atoms with E-state index in [9.17, 15) is 0 Å². The molecule has 5 heteroatoms. The molecule has 23 heavy (non-hydrogen) atoms. The molecule has 0 aliphatic rings. The molecule has 0 saturated carbocycles. The quantitative estimate of drug-likeness (QED) is 0.533. The van der Waals surface area contributed by atoms with Gasteiger partial charge in [0.1, 0.15) is 17.0 Å². The molecule has 0 saturated heterocycles. The van der Waals surface area contributed by atoms with Crippen molar-refractivity contribution in [2.75, 3.05) is 11.9 Å². The molecule has 2 heterocycles. The Kier molecular flexibility index (Phi) is 5.28. The van der Waals surface area contributed by atoms with E-state index in [0.717, 1.165) is 39.9 Å². The molecule has 0 bridgehead atoms. The lowest BCUT2D eigenvalue weighted by Gasteiger charge is -2.09. The predicted octanol–water partition coefficient (Wildman–Crippen LogP) is 5.90. The maximum atomic E-state index is 4.51. The van der Waals surface area contributed by atoms with Gasteiger partial charge in [-0.1, -0.05) is 48.3 Å². The van der Waals surface area contributed by atoms with Crippen molar-refractivity contribution in [3.05, 3.63) is 39.9 Å². The maximum absolute atomic E-state index is 4.51. The maximum Gasteiger partial charge on any atom is 0.138 e. The molecule has 0 fully saturated rings. The van der Waals surface area contributed by atoms with Gasteiger partial charge in [-0.25, -0.2) is 9.97 Å². The van der Waals surface area contributed by atoms with E-state index in [0.29, 0.717) is 0 Å². The zero-order valence-corrected chi connectivity index (χ0v) is 15.8. The number of aryl methyl sites for hydroxylation is 1. The second-order valence-corrected chi connectivity index (χ2v) is 7.44. The molecule has 0 unspecified atom stereocenters. The molecule has 0 spiro atoms. The van der Waals surface area contributed by atoms with Crippen LogP contribution in [0.3, 0.4) is 0 Å². The van der Waals surface area contributed by atoms with Crippen molar-refractivity contribution >= 4 is 43.3 Å². The van der Waals surface area contributed by atoms with Crippen molar-refractivity contribution in [2.45, 2.75) is 33.1 Å². The normalized spacial score (nSPS) is 11.1. The third kappa shape index (κ3) is 3.40. The van der Waals surface area contributed by atoms with E-state index in [1.54, 1.807) is 17.7 Å². The zero-order valence-electron chi connectivity index (χ0n) is 13.4. The van der Waals surface area contributed by atoms with Crippen LogP contribution in [0.1, 0.15) is 31.6 Å². The highest BCUT2D eigenvalue weighted by atomic mass is 79.9. The third-order valence-corrected chi connectivity index (χ3v) is 5.61. The van der Waals surface area contributed by atoms with E-state index in [2.05, 4.69) is 69.3 Å². The number of nitrogens with one attached hydrogen (secondary N) is 1. The summed E-state index contributed by atoms with van der Waals surface area (Å²) >= 11 is 5.29. The Morgan fingerprint density at radius 1 is 1.13 bits per heavy atom. The number of nitrogens with zero attached hydrogens (tertiary/aromatic N) is 2. The minimum Gasteiger partial charge on any atom is -0.369 e. The summed E-state index contributed by atoms with van der Waals surface area (Å²) in [6.07, 6.45) is 4.98. The molecule has 2 aromatic heterocycles. The highest BCUT2D eigenvalue weighted by Gasteiger charge is 2.17. The lowest BCUT2D eigenvalue weighted by atomic mass is 10.0. The number of fused-ring (bicyclic) bond motifs is 1. The molecular formula is C18H20BrN3S. The molecule has 1 N–H and O–H groups in total. The Labute approximate surface area is 149 Å². The third-order valence-electron chi connectivity index (χ3n) is 3.84. The van der Waals surface area contributed by atoms with Gasteiger partial charge in [0.2, 0.25) is 0 Å². The van der Waals surface area contributed by atoms with Gasteiger partial charge >= 0.3 is 0 Å². The van der Waals surface area contributed by atoms with Crippen molar-refractivity contribution in [2.24, 2.45) is 0 Å². The van der Waals surface area contributed by atoms with Crippen LogP contribution in [0.2, 0.25) is 0 Å². The Morgan fingerprint density at radius 3 is 2.61 bits per heavy atom. The van der Waals surface area contributed by atoms with Gasteiger partial charge in [-0.3, -0.25) is 0 Å². The van der Waals surface area contributed by atoms with Crippen LogP contribution in [0.25, 0.3) is 21.3 Å². The fourth-order valence-electron chi connectivity index (χ4n) is 2.67.